The van der Waals surface area contributed by atoms with Crippen LogP contribution in [-0.4, -0.2) is 43.5 Å². The summed E-state index contributed by atoms with van der Waals surface area (Å²) in [6.45, 7) is 3.51. The predicted octanol–water partition coefficient (Wildman–Crippen LogP) is 0.478. The second-order valence-electron chi connectivity index (χ2n) is 6.56. The number of aliphatic hydroxyl groups is 1. The molecule has 2 aromatic rings. The molecule has 1 fully saturated rings. The third-order valence-electron chi connectivity index (χ3n) is 5.05. The van der Waals surface area contributed by atoms with Crippen molar-refractivity contribution in [2.24, 2.45) is 18.9 Å². The zero-order valence-electron chi connectivity index (χ0n) is 13.5. The van der Waals surface area contributed by atoms with Gasteiger partial charge in [-0.2, -0.15) is 4.40 Å². The van der Waals surface area contributed by atoms with Crippen LogP contribution in [0.4, 0.5) is 0 Å². The van der Waals surface area contributed by atoms with E-state index >= 15 is 0 Å². The molecule has 4 heterocycles. The molecule has 8 heteroatoms. The molecule has 2 aromatic heterocycles. The molecule has 0 unspecified atom stereocenters. The number of amides is 1. The number of hydrogen-bond donors (Lipinski definition) is 2. The minimum atomic E-state index is -1.10. The van der Waals surface area contributed by atoms with Gasteiger partial charge < -0.3 is 15.1 Å². The van der Waals surface area contributed by atoms with Crippen molar-refractivity contribution < 1.29 is 24.4 Å². The van der Waals surface area contributed by atoms with Crippen LogP contribution in [0.3, 0.4) is 0 Å². The minimum Gasteiger partial charge on any atom is -0.477 e. The summed E-state index contributed by atoms with van der Waals surface area (Å²) < 4.78 is 3.86. The maximum Gasteiger partial charge on any atom is 0.353 e. The highest BCUT2D eigenvalue weighted by atomic mass is 32.1. The number of carboxylic acid groups (broad SMARTS) is 1. The normalized spacial score (nSPS) is 27.6. The lowest BCUT2D eigenvalue weighted by Crippen LogP contribution is -2.63. The summed E-state index contributed by atoms with van der Waals surface area (Å²) in [6.07, 6.45) is 3.07. The Morgan fingerprint density at radius 2 is 2.17 bits per heavy atom. The van der Waals surface area contributed by atoms with Crippen LogP contribution in [0.2, 0.25) is 0 Å². The molecule has 0 bridgehead atoms. The number of hydrogen-bond acceptors (Lipinski definition) is 4. The van der Waals surface area contributed by atoms with E-state index in [0.29, 0.717) is 5.57 Å². The zero-order chi connectivity index (χ0) is 17.3. The van der Waals surface area contributed by atoms with Crippen molar-refractivity contribution in [1.82, 2.24) is 9.30 Å². The number of imidazole rings is 1. The second kappa shape index (κ2) is 4.90. The van der Waals surface area contributed by atoms with Crippen LogP contribution in [0.25, 0.3) is 10.4 Å². The molecule has 0 spiro atoms. The van der Waals surface area contributed by atoms with Gasteiger partial charge in [0, 0.05) is 16.9 Å². The molecule has 4 atom stereocenters. The molecule has 4 rings (SSSR count). The van der Waals surface area contributed by atoms with Crippen LogP contribution >= 0.6 is 11.3 Å². The molecular weight excluding hydrogens is 330 g/mol. The van der Waals surface area contributed by atoms with Crippen molar-refractivity contribution in [3.8, 4) is 0 Å². The van der Waals surface area contributed by atoms with Crippen molar-refractivity contribution in [2.45, 2.75) is 26.0 Å². The van der Waals surface area contributed by atoms with Gasteiger partial charge in [0.15, 0.2) is 0 Å². The van der Waals surface area contributed by atoms with Gasteiger partial charge in [-0.05, 0) is 6.92 Å². The number of thiazole rings is 1. The number of rotatable bonds is 3. The first-order valence-electron chi connectivity index (χ1n) is 7.76. The number of carbonyl (C=O) groups is 2. The van der Waals surface area contributed by atoms with Crippen molar-refractivity contribution in [3.05, 3.63) is 29.3 Å². The van der Waals surface area contributed by atoms with Gasteiger partial charge in [-0.15, -0.1) is 0 Å². The number of carboxylic acids is 1. The Balaban J connectivity index is 1.90. The fourth-order valence-corrected chi connectivity index (χ4v) is 5.01. The van der Waals surface area contributed by atoms with E-state index in [-0.39, 0.29) is 23.6 Å². The van der Waals surface area contributed by atoms with Gasteiger partial charge in [0.25, 0.3) is 0 Å². The van der Waals surface area contributed by atoms with Gasteiger partial charge in [0.05, 0.1) is 25.1 Å². The van der Waals surface area contributed by atoms with Gasteiger partial charge in [-0.25, -0.2) is 9.36 Å². The molecule has 7 nitrogen and oxygen atoms in total. The lowest BCUT2D eigenvalue weighted by molar-refractivity contribution is -0.669. The maximum atomic E-state index is 12.4. The van der Waals surface area contributed by atoms with Gasteiger partial charge in [0.1, 0.15) is 17.6 Å². The van der Waals surface area contributed by atoms with Gasteiger partial charge in [-0.3, -0.25) is 4.79 Å². The van der Waals surface area contributed by atoms with E-state index in [4.69, 9.17) is 0 Å². The summed E-state index contributed by atoms with van der Waals surface area (Å²) in [6, 6.07) is -0.294. The Morgan fingerprint density at radius 1 is 1.46 bits per heavy atom. The second-order valence-corrected chi connectivity index (χ2v) is 7.45. The van der Waals surface area contributed by atoms with E-state index in [1.807, 2.05) is 40.8 Å². The molecule has 1 saturated heterocycles. The van der Waals surface area contributed by atoms with E-state index < -0.39 is 18.0 Å². The highest BCUT2D eigenvalue weighted by Crippen LogP contribution is 2.50. The van der Waals surface area contributed by atoms with Gasteiger partial charge in [-0.1, -0.05) is 18.3 Å². The summed E-state index contributed by atoms with van der Waals surface area (Å²) in [7, 11) is 1.91. The Bertz CT molecular complexity index is 910. The van der Waals surface area contributed by atoms with Crippen LogP contribution in [0.1, 0.15) is 19.5 Å². The zero-order valence-corrected chi connectivity index (χ0v) is 14.3. The van der Waals surface area contributed by atoms with E-state index in [0.717, 1.165) is 10.5 Å². The Kier molecular flexibility index (Phi) is 3.14. The van der Waals surface area contributed by atoms with E-state index in [2.05, 4.69) is 0 Å². The van der Waals surface area contributed by atoms with E-state index in [1.54, 1.807) is 6.92 Å². The smallest absolute Gasteiger partial charge is 0.353 e. The fourth-order valence-electron chi connectivity index (χ4n) is 4.05. The number of fused-ring (bicyclic) bond motifs is 2. The quantitative estimate of drug-likeness (QED) is 0.624. The number of carbonyl (C=O) groups excluding carboxylic acids is 1. The largest absolute Gasteiger partial charge is 0.477 e. The number of nitrogens with zero attached hydrogens (tertiary/aromatic N) is 3. The molecule has 0 aromatic carbocycles. The number of aliphatic carboxylic acids is 1. The SMILES string of the molecule is C[C@@H](O)[C@H]1C(=O)N2C(C(=O)O)=C(c3csc4c[n+](C)cn34)[C@H](C)[C@H]12. The number of aryl methyl sites for hydroxylation is 1. The van der Waals surface area contributed by atoms with Crippen LogP contribution in [0.5, 0.6) is 0 Å². The summed E-state index contributed by atoms with van der Waals surface area (Å²) in [5, 5.41) is 21.5. The molecular formula is C16H18N3O4S+. The molecule has 2 aliphatic rings. The lowest BCUT2D eigenvalue weighted by atomic mass is 9.77. The van der Waals surface area contributed by atoms with Crippen LogP contribution in [0, 0.1) is 11.8 Å². The molecule has 24 heavy (non-hydrogen) atoms. The molecule has 2 N–H and O–H groups in total. The average Bonchev–Trinajstić information content (AvgIpc) is 3.08. The Hall–Kier alpha value is -2.19. The van der Waals surface area contributed by atoms with Crippen LogP contribution in [0.15, 0.2) is 23.6 Å². The van der Waals surface area contributed by atoms with Crippen molar-refractivity contribution in [1.29, 1.82) is 0 Å². The first kappa shape index (κ1) is 15.3. The summed E-state index contributed by atoms with van der Waals surface area (Å²) in [5.41, 5.74) is 1.50. The van der Waals surface area contributed by atoms with Crippen LogP contribution < -0.4 is 4.57 Å². The molecule has 126 valence electrons. The fraction of sp³-hybridized carbons (Fsp3) is 0.438. The topological polar surface area (TPSA) is 86.1 Å². The Morgan fingerprint density at radius 3 is 2.79 bits per heavy atom. The molecule has 2 aliphatic heterocycles. The third-order valence-corrected chi connectivity index (χ3v) is 5.94. The molecule has 1 amide bonds. The predicted molar refractivity (Wildman–Crippen MR) is 86.0 cm³/mol. The lowest BCUT2D eigenvalue weighted by Gasteiger charge is -2.46. The monoisotopic (exact) mass is 348 g/mol. The number of aliphatic hydroxyl groups excluding tert-OH is 1. The molecule has 0 aliphatic carbocycles. The molecule has 0 saturated carbocycles. The number of aromatic nitrogens is 2. The maximum absolute atomic E-state index is 12.4. The van der Waals surface area contributed by atoms with Gasteiger partial charge >= 0.3 is 5.97 Å². The van der Waals surface area contributed by atoms with Gasteiger partial charge in [0.2, 0.25) is 17.1 Å². The van der Waals surface area contributed by atoms with Crippen molar-refractivity contribution in [2.75, 3.05) is 0 Å². The average molecular weight is 348 g/mol. The number of β-lactam (4-membered cyclic amide) rings is 1. The first-order chi connectivity index (χ1) is 11.3. The van der Waals surface area contributed by atoms with Crippen molar-refractivity contribution >= 4 is 33.6 Å². The highest BCUT2D eigenvalue weighted by Gasteiger charge is 2.60. The van der Waals surface area contributed by atoms with Crippen LogP contribution in [-0.2, 0) is 16.6 Å². The summed E-state index contributed by atoms with van der Waals surface area (Å²) in [5.74, 6) is -2.10. The first-order valence-corrected chi connectivity index (χ1v) is 8.64. The Labute approximate surface area is 142 Å². The standard InChI is InChI=1S/C16H17N3O4S/c1-7-11(9-5-24-10-4-17(3)6-18(9)10)14(16(22)23)19-13(7)12(8(2)20)15(19)21/h4-8,12-13,20H,1-3H3/p+1/t7-,8+,12+,13+/m0/s1. The van der Waals surface area contributed by atoms with E-state index in [1.165, 1.54) is 16.2 Å². The van der Waals surface area contributed by atoms with Crippen molar-refractivity contribution in [3.63, 3.8) is 0 Å². The summed E-state index contributed by atoms with van der Waals surface area (Å²) in [4.78, 5) is 26.6. The summed E-state index contributed by atoms with van der Waals surface area (Å²) >= 11 is 1.53. The third kappa shape index (κ3) is 1.78. The highest BCUT2D eigenvalue weighted by molar-refractivity contribution is 7.15. The van der Waals surface area contributed by atoms with E-state index in [9.17, 15) is 19.8 Å². The molecule has 0 radical (unpaired) electrons. The minimum absolute atomic E-state index is 0.0467.